The molecule has 0 aromatic heterocycles. The molecule has 3 nitrogen and oxygen atoms in total. The van der Waals surface area contributed by atoms with Crippen LogP contribution in [0.1, 0.15) is 11.1 Å². The highest BCUT2D eigenvalue weighted by molar-refractivity contribution is 5.47. The van der Waals surface area contributed by atoms with E-state index in [2.05, 4.69) is 41.7 Å². The van der Waals surface area contributed by atoms with Crippen molar-refractivity contribution in [3.63, 3.8) is 0 Å². The molecule has 0 radical (unpaired) electrons. The molecule has 0 aliphatic carbocycles. The second kappa shape index (κ2) is 10.2. The smallest absolute Gasteiger partial charge is 0.127 e. The van der Waals surface area contributed by atoms with Gasteiger partial charge in [-0.15, -0.1) is 0 Å². The Hall–Kier alpha value is -3.72. The van der Waals surface area contributed by atoms with Crippen molar-refractivity contribution in [1.29, 1.82) is 0 Å². The molecule has 0 aliphatic rings. The van der Waals surface area contributed by atoms with Gasteiger partial charge in [0.05, 0.1) is 6.61 Å². The first kappa shape index (κ1) is 19.6. The maximum absolute atomic E-state index is 5.86. The van der Waals surface area contributed by atoms with Crippen molar-refractivity contribution < 1.29 is 9.47 Å². The molecule has 150 valence electrons. The number of ether oxygens (including phenoxy) is 2. The molecule has 0 unspecified atom stereocenters. The molecule has 0 saturated heterocycles. The molecule has 0 heterocycles. The average molecular weight is 396 g/mol. The van der Waals surface area contributed by atoms with Crippen molar-refractivity contribution in [3.05, 3.63) is 120 Å². The van der Waals surface area contributed by atoms with Gasteiger partial charge in [-0.05, 0) is 59.7 Å². The van der Waals surface area contributed by atoms with Crippen LogP contribution in [-0.4, -0.2) is 6.61 Å². The van der Waals surface area contributed by atoms with Gasteiger partial charge in [-0.2, -0.15) is 0 Å². The highest BCUT2D eigenvalue weighted by atomic mass is 16.5. The standard InChI is InChI=1S/C27H25NO2/c1-3-7-22(8-4-1)19-20-29-25-15-11-23(12-16-25)21-28-24-13-17-27(18-14-24)30-26-9-5-2-6-10-26/h1-18,28H,19-21H2. The summed E-state index contributed by atoms with van der Waals surface area (Å²) in [7, 11) is 0. The van der Waals surface area contributed by atoms with Crippen molar-refractivity contribution in [3.8, 4) is 17.2 Å². The quantitative estimate of drug-likeness (QED) is 0.341. The highest BCUT2D eigenvalue weighted by Crippen LogP contribution is 2.23. The van der Waals surface area contributed by atoms with E-state index in [1.807, 2.05) is 72.8 Å². The van der Waals surface area contributed by atoms with Crippen LogP contribution in [0, 0.1) is 0 Å². The molecule has 0 atom stereocenters. The summed E-state index contributed by atoms with van der Waals surface area (Å²) in [6.45, 7) is 1.43. The molecule has 1 N–H and O–H groups in total. The van der Waals surface area contributed by atoms with Gasteiger partial charge in [0.2, 0.25) is 0 Å². The van der Waals surface area contributed by atoms with Gasteiger partial charge in [0.15, 0.2) is 0 Å². The van der Waals surface area contributed by atoms with Gasteiger partial charge in [-0.3, -0.25) is 0 Å². The van der Waals surface area contributed by atoms with E-state index >= 15 is 0 Å². The molecule has 30 heavy (non-hydrogen) atoms. The molecular weight excluding hydrogens is 370 g/mol. The zero-order valence-corrected chi connectivity index (χ0v) is 16.8. The predicted molar refractivity (Wildman–Crippen MR) is 122 cm³/mol. The second-order valence-electron chi connectivity index (χ2n) is 7.02. The number of para-hydroxylation sites is 1. The van der Waals surface area contributed by atoms with E-state index in [1.54, 1.807) is 0 Å². The number of nitrogens with one attached hydrogen (secondary N) is 1. The molecule has 4 rings (SSSR count). The lowest BCUT2D eigenvalue weighted by atomic mass is 10.2. The van der Waals surface area contributed by atoms with Gasteiger partial charge in [-0.25, -0.2) is 0 Å². The second-order valence-corrected chi connectivity index (χ2v) is 7.02. The normalized spacial score (nSPS) is 10.4. The van der Waals surface area contributed by atoms with Gasteiger partial charge in [0.25, 0.3) is 0 Å². The van der Waals surface area contributed by atoms with Gasteiger partial charge in [0.1, 0.15) is 17.2 Å². The predicted octanol–water partition coefficient (Wildman–Crippen LogP) is 6.71. The van der Waals surface area contributed by atoms with Crippen LogP contribution in [0.2, 0.25) is 0 Å². The minimum atomic E-state index is 0.680. The summed E-state index contributed by atoms with van der Waals surface area (Å²) in [6.07, 6.45) is 0.911. The Morgan fingerprint density at radius 2 is 1.13 bits per heavy atom. The third kappa shape index (κ3) is 5.89. The summed E-state index contributed by atoms with van der Waals surface area (Å²) in [5.41, 5.74) is 3.55. The first-order chi connectivity index (χ1) is 14.8. The van der Waals surface area contributed by atoms with E-state index in [-0.39, 0.29) is 0 Å². The number of benzene rings is 4. The lowest BCUT2D eigenvalue weighted by Crippen LogP contribution is -2.02. The van der Waals surface area contributed by atoms with Gasteiger partial charge in [0, 0.05) is 18.7 Å². The SMILES string of the molecule is c1ccc(CCOc2ccc(CNc3ccc(Oc4ccccc4)cc3)cc2)cc1. The van der Waals surface area contributed by atoms with E-state index in [0.717, 1.165) is 35.9 Å². The minimum Gasteiger partial charge on any atom is -0.493 e. The average Bonchev–Trinajstić information content (AvgIpc) is 2.81. The topological polar surface area (TPSA) is 30.5 Å². The molecule has 0 amide bonds. The van der Waals surface area contributed by atoms with E-state index in [1.165, 1.54) is 11.1 Å². The summed E-state index contributed by atoms with van der Waals surface area (Å²) >= 11 is 0. The Kier molecular flexibility index (Phi) is 6.64. The largest absolute Gasteiger partial charge is 0.493 e. The van der Waals surface area contributed by atoms with Crippen LogP contribution in [0.5, 0.6) is 17.2 Å². The van der Waals surface area contributed by atoms with Gasteiger partial charge < -0.3 is 14.8 Å². The zero-order valence-electron chi connectivity index (χ0n) is 16.8. The Morgan fingerprint density at radius 1 is 0.533 bits per heavy atom. The number of anilines is 1. The molecule has 4 aromatic rings. The van der Waals surface area contributed by atoms with Crippen LogP contribution < -0.4 is 14.8 Å². The number of hydrogen-bond acceptors (Lipinski definition) is 3. The van der Waals surface area contributed by atoms with Crippen LogP contribution in [0.15, 0.2) is 109 Å². The molecule has 0 spiro atoms. The summed E-state index contributed by atoms with van der Waals surface area (Å²) in [5.74, 6) is 2.56. The maximum Gasteiger partial charge on any atom is 0.127 e. The molecule has 4 aromatic carbocycles. The van der Waals surface area contributed by atoms with E-state index in [0.29, 0.717) is 6.61 Å². The Balaban J connectivity index is 1.23. The monoisotopic (exact) mass is 395 g/mol. The van der Waals surface area contributed by atoms with E-state index in [9.17, 15) is 0 Å². The minimum absolute atomic E-state index is 0.680. The van der Waals surface area contributed by atoms with Crippen molar-refractivity contribution in [2.45, 2.75) is 13.0 Å². The number of hydrogen-bond donors (Lipinski definition) is 1. The third-order valence-corrected chi connectivity index (χ3v) is 4.76. The van der Waals surface area contributed by atoms with Gasteiger partial charge >= 0.3 is 0 Å². The van der Waals surface area contributed by atoms with Crippen LogP contribution in [0.25, 0.3) is 0 Å². The fourth-order valence-electron chi connectivity index (χ4n) is 3.10. The fraction of sp³-hybridized carbons (Fsp3) is 0.111. The first-order valence-electron chi connectivity index (χ1n) is 10.2. The third-order valence-electron chi connectivity index (χ3n) is 4.76. The summed E-state index contributed by atoms with van der Waals surface area (Å²) < 4.78 is 11.7. The maximum atomic E-state index is 5.86. The fourth-order valence-corrected chi connectivity index (χ4v) is 3.10. The lowest BCUT2D eigenvalue weighted by molar-refractivity contribution is 0.322. The molecule has 0 aliphatic heterocycles. The number of rotatable bonds is 9. The van der Waals surface area contributed by atoms with Crippen LogP contribution >= 0.6 is 0 Å². The Labute approximate surface area is 177 Å². The van der Waals surface area contributed by atoms with Crippen molar-refractivity contribution >= 4 is 5.69 Å². The molecule has 0 bridgehead atoms. The summed E-state index contributed by atoms with van der Waals surface area (Å²) in [6, 6.07) is 36.4. The summed E-state index contributed by atoms with van der Waals surface area (Å²) in [5, 5.41) is 3.44. The zero-order chi connectivity index (χ0) is 20.4. The Bertz CT molecular complexity index is 1010. The lowest BCUT2D eigenvalue weighted by Gasteiger charge is -2.10. The highest BCUT2D eigenvalue weighted by Gasteiger charge is 2.00. The van der Waals surface area contributed by atoms with Gasteiger partial charge in [-0.1, -0.05) is 60.7 Å². The molecular formula is C27H25NO2. The van der Waals surface area contributed by atoms with Crippen molar-refractivity contribution in [2.24, 2.45) is 0 Å². The first-order valence-corrected chi connectivity index (χ1v) is 10.2. The molecule has 0 saturated carbocycles. The summed E-state index contributed by atoms with van der Waals surface area (Å²) in [4.78, 5) is 0. The Morgan fingerprint density at radius 3 is 1.83 bits per heavy atom. The van der Waals surface area contributed by atoms with Crippen LogP contribution in [0.4, 0.5) is 5.69 Å². The van der Waals surface area contributed by atoms with Crippen molar-refractivity contribution in [1.82, 2.24) is 0 Å². The van der Waals surface area contributed by atoms with E-state index < -0.39 is 0 Å². The van der Waals surface area contributed by atoms with Crippen LogP contribution in [0.3, 0.4) is 0 Å². The molecule has 0 fully saturated rings. The van der Waals surface area contributed by atoms with Crippen LogP contribution in [-0.2, 0) is 13.0 Å². The molecule has 3 heteroatoms. The van der Waals surface area contributed by atoms with E-state index in [4.69, 9.17) is 9.47 Å². The van der Waals surface area contributed by atoms with Crippen molar-refractivity contribution in [2.75, 3.05) is 11.9 Å².